The maximum absolute atomic E-state index is 12.5. The van der Waals surface area contributed by atoms with Gasteiger partial charge in [0.05, 0.1) is 5.75 Å². The van der Waals surface area contributed by atoms with Crippen LogP contribution in [0, 0.1) is 0 Å². The Bertz CT molecular complexity index is 711. The second-order valence-corrected chi connectivity index (χ2v) is 7.47. The molecule has 24 heavy (non-hydrogen) atoms. The van der Waals surface area contributed by atoms with E-state index in [2.05, 4.69) is 24.0 Å². The van der Waals surface area contributed by atoms with Crippen molar-refractivity contribution in [2.75, 3.05) is 5.75 Å². The van der Waals surface area contributed by atoms with Crippen molar-refractivity contribution < 1.29 is 9.21 Å². The van der Waals surface area contributed by atoms with Crippen LogP contribution in [0.15, 0.2) is 33.9 Å². The molecular formula is C17H20ClN3O2S. The van der Waals surface area contributed by atoms with Crippen molar-refractivity contribution in [2.24, 2.45) is 0 Å². The number of likely N-dealkylation sites (tertiary alicyclic amines) is 1. The maximum Gasteiger partial charge on any atom is 0.277 e. The van der Waals surface area contributed by atoms with Gasteiger partial charge in [-0.3, -0.25) is 4.79 Å². The van der Waals surface area contributed by atoms with Gasteiger partial charge in [0.2, 0.25) is 11.8 Å². The zero-order chi connectivity index (χ0) is 17.1. The number of carbonyl (C=O) groups is 1. The van der Waals surface area contributed by atoms with Crippen molar-refractivity contribution in [3.63, 3.8) is 0 Å². The summed E-state index contributed by atoms with van der Waals surface area (Å²) in [6.07, 6.45) is 3.33. The van der Waals surface area contributed by atoms with Crippen LogP contribution in [0.2, 0.25) is 5.02 Å². The summed E-state index contributed by atoms with van der Waals surface area (Å²) < 4.78 is 5.63. The number of nitrogens with zero attached hydrogens (tertiary/aromatic N) is 3. The molecule has 2 heterocycles. The molecule has 1 aromatic heterocycles. The molecule has 1 amide bonds. The van der Waals surface area contributed by atoms with Crippen molar-refractivity contribution in [2.45, 2.75) is 50.4 Å². The first kappa shape index (κ1) is 17.3. The largest absolute Gasteiger partial charge is 0.411 e. The first-order valence-electron chi connectivity index (χ1n) is 8.08. The number of benzene rings is 1. The molecule has 3 rings (SSSR count). The summed E-state index contributed by atoms with van der Waals surface area (Å²) >= 11 is 7.25. The lowest BCUT2D eigenvalue weighted by Crippen LogP contribution is -2.48. The summed E-state index contributed by atoms with van der Waals surface area (Å²) in [4.78, 5) is 14.5. The predicted octanol–water partition coefficient (Wildman–Crippen LogP) is 4.27. The van der Waals surface area contributed by atoms with Gasteiger partial charge in [-0.2, -0.15) is 0 Å². The number of thioether (sulfide) groups is 1. The summed E-state index contributed by atoms with van der Waals surface area (Å²) in [6, 6.07) is 7.84. The average Bonchev–Trinajstić information content (AvgIpc) is 3.02. The summed E-state index contributed by atoms with van der Waals surface area (Å²) in [5.41, 5.74) is 0.770. The fourth-order valence-electron chi connectivity index (χ4n) is 3.12. The number of aromatic nitrogens is 2. The minimum Gasteiger partial charge on any atom is -0.411 e. The van der Waals surface area contributed by atoms with Crippen molar-refractivity contribution in [1.82, 2.24) is 15.1 Å². The average molecular weight is 366 g/mol. The molecule has 1 aliphatic rings. The van der Waals surface area contributed by atoms with E-state index >= 15 is 0 Å². The van der Waals surface area contributed by atoms with E-state index in [1.165, 1.54) is 18.2 Å². The Morgan fingerprint density at radius 1 is 1.33 bits per heavy atom. The Kier molecular flexibility index (Phi) is 5.46. The molecule has 0 spiro atoms. The van der Waals surface area contributed by atoms with Gasteiger partial charge >= 0.3 is 0 Å². The molecule has 5 nitrogen and oxygen atoms in total. The highest BCUT2D eigenvalue weighted by Crippen LogP contribution is 2.27. The molecule has 2 aromatic rings. The topological polar surface area (TPSA) is 59.2 Å². The quantitative estimate of drug-likeness (QED) is 0.757. The molecule has 0 unspecified atom stereocenters. The van der Waals surface area contributed by atoms with Gasteiger partial charge < -0.3 is 9.32 Å². The molecule has 1 fully saturated rings. The summed E-state index contributed by atoms with van der Waals surface area (Å²) in [5.74, 6) is 0.848. The molecule has 2 atom stereocenters. The van der Waals surface area contributed by atoms with Crippen LogP contribution in [0.5, 0.6) is 0 Å². The predicted molar refractivity (Wildman–Crippen MR) is 95.1 cm³/mol. The van der Waals surface area contributed by atoms with Crippen molar-refractivity contribution in [3.05, 3.63) is 29.3 Å². The fraction of sp³-hybridized carbons (Fsp3) is 0.471. The van der Waals surface area contributed by atoms with E-state index in [9.17, 15) is 4.79 Å². The van der Waals surface area contributed by atoms with Crippen LogP contribution in [0.1, 0.15) is 33.1 Å². The van der Waals surface area contributed by atoms with Gasteiger partial charge in [-0.15, -0.1) is 10.2 Å². The summed E-state index contributed by atoms with van der Waals surface area (Å²) in [7, 11) is 0. The molecule has 1 aliphatic heterocycles. The van der Waals surface area contributed by atoms with Gasteiger partial charge in [0, 0.05) is 22.7 Å². The Morgan fingerprint density at radius 2 is 2.08 bits per heavy atom. The SMILES string of the molecule is C[C@H]1CCC[C@H](C)N1C(=O)CSc1nnc(-c2cccc(Cl)c2)o1. The van der Waals surface area contributed by atoms with Crippen molar-refractivity contribution in [3.8, 4) is 11.5 Å². The standard InChI is InChI=1S/C17H20ClN3O2S/c1-11-5-3-6-12(2)21(11)15(22)10-24-17-20-19-16(23-17)13-7-4-8-14(18)9-13/h4,7-9,11-12H,3,5-6,10H2,1-2H3/t11-,12-/m0/s1. The smallest absolute Gasteiger partial charge is 0.277 e. The van der Waals surface area contributed by atoms with E-state index in [1.54, 1.807) is 12.1 Å². The molecule has 1 aromatic carbocycles. The molecule has 0 aliphatic carbocycles. The minimum absolute atomic E-state index is 0.127. The number of amides is 1. The Labute approximate surface area is 150 Å². The Balaban J connectivity index is 1.62. The number of hydrogen-bond acceptors (Lipinski definition) is 5. The molecule has 1 saturated heterocycles. The van der Waals surface area contributed by atoms with Gasteiger partial charge in [-0.05, 0) is 51.3 Å². The molecule has 128 valence electrons. The first-order chi connectivity index (χ1) is 11.5. The normalized spacial score (nSPS) is 21.0. The molecule has 0 saturated carbocycles. The number of halogens is 1. The zero-order valence-corrected chi connectivity index (χ0v) is 15.3. The molecule has 0 N–H and O–H groups in total. The van der Waals surface area contributed by atoms with Gasteiger partial charge in [0.1, 0.15) is 0 Å². The molecular weight excluding hydrogens is 346 g/mol. The van der Waals surface area contributed by atoms with Crippen LogP contribution in [0.4, 0.5) is 0 Å². The number of rotatable bonds is 4. The van der Waals surface area contributed by atoms with Crippen LogP contribution in [0.3, 0.4) is 0 Å². The van der Waals surface area contributed by atoms with Crippen molar-refractivity contribution >= 4 is 29.3 Å². The third kappa shape index (κ3) is 3.92. The highest BCUT2D eigenvalue weighted by Gasteiger charge is 2.29. The van der Waals surface area contributed by atoms with Crippen LogP contribution >= 0.6 is 23.4 Å². The lowest BCUT2D eigenvalue weighted by atomic mass is 9.98. The molecule has 0 radical (unpaired) electrons. The lowest BCUT2D eigenvalue weighted by molar-refractivity contribution is -0.134. The van der Waals surface area contributed by atoms with Crippen LogP contribution in [0.25, 0.3) is 11.5 Å². The Morgan fingerprint density at radius 3 is 2.79 bits per heavy atom. The van der Waals surface area contributed by atoms with E-state index in [0.29, 0.717) is 34.0 Å². The zero-order valence-electron chi connectivity index (χ0n) is 13.7. The van der Waals surface area contributed by atoms with E-state index in [-0.39, 0.29) is 5.91 Å². The summed E-state index contributed by atoms with van der Waals surface area (Å²) in [6.45, 7) is 4.23. The molecule has 0 bridgehead atoms. The highest BCUT2D eigenvalue weighted by molar-refractivity contribution is 7.99. The monoisotopic (exact) mass is 365 g/mol. The fourth-order valence-corrected chi connectivity index (χ4v) is 3.94. The summed E-state index contributed by atoms with van der Waals surface area (Å²) in [5, 5.41) is 9.05. The second kappa shape index (κ2) is 7.57. The number of carbonyl (C=O) groups excluding carboxylic acids is 1. The van der Waals surface area contributed by atoms with Crippen LogP contribution in [-0.2, 0) is 4.79 Å². The second-order valence-electron chi connectivity index (χ2n) is 6.10. The van der Waals surface area contributed by atoms with Crippen LogP contribution < -0.4 is 0 Å². The minimum atomic E-state index is 0.127. The Hall–Kier alpha value is -1.53. The van der Waals surface area contributed by atoms with Gasteiger partial charge in [0.15, 0.2) is 0 Å². The maximum atomic E-state index is 12.5. The van der Waals surface area contributed by atoms with Gasteiger partial charge in [0.25, 0.3) is 5.22 Å². The van der Waals surface area contributed by atoms with E-state index < -0.39 is 0 Å². The lowest BCUT2D eigenvalue weighted by Gasteiger charge is -2.39. The van der Waals surface area contributed by atoms with Gasteiger partial charge in [-0.1, -0.05) is 29.4 Å². The van der Waals surface area contributed by atoms with Crippen LogP contribution in [-0.4, -0.2) is 38.8 Å². The molecule has 7 heteroatoms. The van der Waals surface area contributed by atoms with E-state index in [4.69, 9.17) is 16.0 Å². The number of piperidine rings is 1. The van der Waals surface area contributed by atoms with E-state index in [0.717, 1.165) is 18.4 Å². The first-order valence-corrected chi connectivity index (χ1v) is 9.44. The third-order valence-electron chi connectivity index (χ3n) is 4.28. The third-order valence-corrected chi connectivity index (χ3v) is 5.32. The number of hydrogen-bond donors (Lipinski definition) is 0. The highest BCUT2D eigenvalue weighted by atomic mass is 35.5. The van der Waals surface area contributed by atoms with Gasteiger partial charge in [-0.25, -0.2) is 0 Å². The van der Waals surface area contributed by atoms with E-state index in [1.807, 2.05) is 17.0 Å². The van der Waals surface area contributed by atoms with Crippen molar-refractivity contribution in [1.29, 1.82) is 0 Å².